The van der Waals surface area contributed by atoms with E-state index in [2.05, 4.69) is 21.4 Å². The Balaban J connectivity index is 1.73. The maximum atomic E-state index is 13.3. The fourth-order valence-electron chi connectivity index (χ4n) is 3.17. The molecule has 7 nitrogen and oxygen atoms in total. The summed E-state index contributed by atoms with van der Waals surface area (Å²) in [6, 6.07) is 19.6. The highest BCUT2D eigenvalue weighted by Gasteiger charge is 2.21. The summed E-state index contributed by atoms with van der Waals surface area (Å²) in [4.78, 5) is 35.2. The van der Waals surface area contributed by atoms with Crippen LogP contribution in [0.25, 0.3) is 16.7 Å². The van der Waals surface area contributed by atoms with E-state index in [1.807, 2.05) is 19.1 Å². The number of aryl methyl sites for hydroxylation is 1. The summed E-state index contributed by atoms with van der Waals surface area (Å²) in [6.07, 6.45) is 1.63. The predicted octanol–water partition coefficient (Wildman–Crippen LogP) is 4.08. The van der Waals surface area contributed by atoms with Crippen molar-refractivity contribution in [1.29, 1.82) is 5.26 Å². The van der Waals surface area contributed by atoms with Crippen LogP contribution in [0.5, 0.6) is 0 Å². The van der Waals surface area contributed by atoms with E-state index in [1.54, 1.807) is 61.7 Å². The highest BCUT2D eigenvalue weighted by molar-refractivity contribution is 8.00. The van der Waals surface area contributed by atoms with Crippen molar-refractivity contribution < 1.29 is 4.79 Å². The molecule has 1 N–H and O–H groups in total. The first kappa shape index (κ1) is 21.3. The smallest absolute Gasteiger partial charge is 0.267 e. The van der Waals surface area contributed by atoms with E-state index in [-0.39, 0.29) is 11.5 Å². The number of nitrogens with zero attached hydrogens (tertiary/aromatic N) is 4. The third-order valence-electron chi connectivity index (χ3n) is 4.83. The monoisotopic (exact) mass is 441 g/mol. The molecule has 0 saturated carbocycles. The second-order valence-electron chi connectivity index (χ2n) is 7.15. The largest absolute Gasteiger partial charge is 0.324 e. The number of benzene rings is 2. The van der Waals surface area contributed by atoms with Crippen molar-refractivity contribution in [3.05, 3.63) is 88.3 Å². The molecule has 32 heavy (non-hydrogen) atoms. The van der Waals surface area contributed by atoms with Crippen LogP contribution >= 0.6 is 11.8 Å². The zero-order valence-corrected chi connectivity index (χ0v) is 18.3. The number of carbonyl (C=O) groups excluding carboxylic acids is 1. The van der Waals surface area contributed by atoms with E-state index in [0.717, 1.165) is 17.3 Å². The van der Waals surface area contributed by atoms with Crippen molar-refractivity contribution in [2.75, 3.05) is 5.32 Å². The Kier molecular flexibility index (Phi) is 6.01. The third kappa shape index (κ3) is 4.24. The van der Waals surface area contributed by atoms with Crippen LogP contribution in [0, 0.1) is 18.3 Å². The lowest BCUT2D eigenvalue weighted by atomic mass is 10.2. The van der Waals surface area contributed by atoms with Crippen molar-refractivity contribution in [1.82, 2.24) is 14.5 Å². The van der Waals surface area contributed by atoms with Crippen molar-refractivity contribution in [3.63, 3.8) is 0 Å². The molecule has 2 aromatic carbocycles. The standard InChI is InChI=1S/C24H19N5O2S/c1-15-11-12-26-21(13-15)29-23(31)18-8-4-6-10-20(18)28-24(29)32-16(2)22(30)27-19-9-5-3-7-17(19)14-25/h3-13,16H,1-2H3,(H,27,30)/t16-/m0/s1. The van der Waals surface area contributed by atoms with Gasteiger partial charge in [0.1, 0.15) is 11.9 Å². The Morgan fingerprint density at radius 1 is 1.16 bits per heavy atom. The molecule has 1 amide bonds. The van der Waals surface area contributed by atoms with E-state index in [1.165, 1.54) is 4.57 Å². The first-order chi connectivity index (χ1) is 15.5. The molecule has 0 fully saturated rings. The lowest BCUT2D eigenvalue weighted by molar-refractivity contribution is -0.115. The minimum absolute atomic E-state index is 0.251. The average molecular weight is 442 g/mol. The summed E-state index contributed by atoms with van der Waals surface area (Å²) >= 11 is 1.16. The number of hydrogen-bond acceptors (Lipinski definition) is 6. The summed E-state index contributed by atoms with van der Waals surface area (Å²) in [5.74, 6) is 0.141. The first-order valence-electron chi connectivity index (χ1n) is 9.89. The normalized spacial score (nSPS) is 11.7. The topological polar surface area (TPSA) is 101 Å². The van der Waals surface area contributed by atoms with Gasteiger partial charge in [-0.1, -0.05) is 36.0 Å². The summed E-state index contributed by atoms with van der Waals surface area (Å²) < 4.78 is 1.44. The van der Waals surface area contributed by atoms with Gasteiger partial charge in [0, 0.05) is 6.20 Å². The molecule has 4 rings (SSSR count). The van der Waals surface area contributed by atoms with Crippen molar-refractivity contribution in [2.45, 2.75) is 24.3 Å². The molecule has 158 valence electrons. The van der Waals surface area contributed by atoms with Crippen LogP contribution in [0.1, 0.15) is 18.1 Å². The van der Waals surface area contributed by atoms with Gasteiger partial charge in [-0.05, 0) is 55.8 Å². The van der Waals surface area contributed by atoms with Crippen LogP contribution in [0.2, 0.25) is 0 Å². The number of thioether (sulfide) groups is 1. The lowest BCUT2D eigenvalue weighted by Crippen LogP contribution is -2.27. The molecule has 0 radical (unpaired) electrons. The average Bonchev–Trinajstić information content (AvgIpc) is 2.79. The fraction of sp³-hybridized carbons (Fsp3) is 0.125. The number of carbonyl (C=O) groups is 1. The summed E-state index contributed by atoms with van der Waals surface area (Å²) in [5.41, 5.74) is 2.06. The van der Waals surface area contributed by atoms with Crippen LogP contribution < -0.4 is 10.9 Å². The van der Waals surface area contributed by atoms with Crippen LogP contribution in [0.15, 0.2) is 76.8 Å². The third-order valence-corrected chi connectivity index (χ3v) is 5.88. The van der Waals surface area contributed by atoms with Crippen molar-refractivity contribution in [3.8, 4) is 11.9 Å². The predicted molar refractivity (Wildman–Crippen MR) is 125 cm³/mol. The number of nitrogens with one attached hydrogen (secondary N) is 1. The second kappa shape index (κ2) is 9.04. The number of para-hydroxylation sites is 2. The number of pyridine rings is 1. The van der Waals surface area contributed by atoms with Crippen molar-refractivity contribution >= 4 is 34.3 Å². The molecule has 0 aliphatic carbocycles. The molecule has 2 aromatic heterocycles. The number of amides is 1. The van der Waals surface area contributed by atoms with Gasteiger partial charge in [-0.25, -0.2) is 14.5 Å². The molecule has 0 saturated heterocycles. The van der Waals surface area contributed by atoms with Gasteiger partial charge in [0.05, 0.1) is 27.4 Å². The number of anilines is 1. The van der Waals surface area contributed by atoms with Gasteiger partial charge in [-0.3, -0.25) is 9.59 Å². The number of hydrogen-bond donors (Lipinski definition) is 1. The Morgan fingerprint density at radius 3 is 2.69 bits per heavy atom. The molecule has 0 unspecified atom stereocenters. The minimum atomic E-state index is -0.592. The quantitative estimate of drug-likeness (QED) is 0.370. The van der Waals surface area contributed by atoms with Gasteiger partial charge >= 0.3 is 0 Å². The zero-order chi connectivity index (χ0) is 22.7. The van der Waals surface area contributed by atoms with Crippen LogP contribution in [-0.4, -0.2) is 25.7 Å². The SMILES string of the molecule is Cc1ccnc(-n2c(S[C@@H](C)C(=O)Nc3ccccc3C#N)nc3ccccc3c2=O)c1. The molecule has 1 atom stereocenters. The molecular formula is C24H19N5O2S. The summed E-state index contributed by atoms with van der Waals surface area (Å²) in [5, 5.41) is 12.3. The number of nitriles is 1. The molecule has 0 aliphatic rings. The maximum absolute atomic E-state index is 13.3. The van der Waals surface area contributed by atoms with Gasteiger partial charge in [-0.15, -0.1) is 0 Å². The second-order valence-corrected chi connectivity index (χ2v) is 8.46. The highest BCUT2D eigenvalue weighted by atomic mass is 32.2. The van der Waals surface area contributed by atoms with Crippen molar-refractivity contribution in [2.24, 2.45) is 0 Å². The number of rotatable bonds is 5. The van der Waals surface area contributed by atoms with Gasteiger partial charge in [-0.2, -0.15) is 5.26 Å². The number of aromatic nitrogens is 3. The maximum Gasteiger partial charge on any atom is 0.267 e. The highest BCUT2D eigenvalue weighted by Crippen LogP contribution is 2.26. The Hall–Kier alpha value is -3.96. The van der Waals surface area contributed by atoms with Gasteiger partial charge in [0.25, 0.3) is 5.56 Å². The molecule has 0 aliphatic heterocycles. The molecule has 2 heterocycles. The van der Waals surface area contributed by atoms with E-state index in [0.29, 0.717) is 33.1 Å². The van der Waals surface area contributed by atoms with E-state index in [4.69, 9.17) is 0 Å². The van der Waals surface area contributed by atoms with Gasteiger partial charge in [0.2, 0.25) is 5.91 Å². The lowest BCUT2D eigenvalue weighted by Gasteiger charge is -2.16. The summed E-state index contributed by atoms with van der Waals surface area (Å²) in [7, 11) is 0. The van der Waals surface area contributed by atoms with Gasteiger partial charge in [0.15, 0.2) is 5.16 Å². The Labute approximate surface area is 188 Å². The zero-order valence-electron chi connectivity index (χ0n) is 17.4. The molecule has 8 heteroatoms. The minimum Gasteiger partial charge on any atom is -0.324 e. The molecule has 0 spiro atoms. The van der Waals surface area contributed by atoms with Crippen LogP contribution in [-0.2, 0) is 4.79 Å². The van der Waals surface area contributed by atoms with Gasteiger partial charge < -0.3 is 5.32 Å². The Bertz CT molecular complexity index is 1420. The van der Waals surface area contributed by atoms with Crippen LogP contribution in [0.3, 0.4) is 0 Å². The first-order valence-corrected chi connectivity index (χ1v) is 10.8. The van der Waals surface area contributed by atoms with E-state index < -0.39 is 5.25 Å². The Morgan fingerprint density at radius 2 is 1.91 bits per heavy atom. The van der Waals surface area contributed by atoms with E-state index >= 15 is 0 Å². The fourth-order valence-corrected chi connectivity index (χ4v) is 4.09. The molecule has 4 aromatic rings. The number of fused-ring (bicyclic) bond motifs is 1. The molecule has 0 bridgehead atoms. The molecular weight excluding hydrogens is 422 g/mol. The van der Waals surface area contributed by atoms with Crippen LogP contribution in [0.4, 0.5) is 5.69 Å². The van der Waals surface area contributed by atoms with E-state index in [9.17, 15) is 14.9 Å². The summed E-state index contributed by atoms with van der Waals surface area (Å²) in [6.45, 7) is 3.64.